The molecule has 1 saturated heterocycles. The largest absolute Gasteiger partial charge is 0.384 e. The summed E-state index contributed by atoms with van der Waals surface area (Å²) in [4.78, 5) is 15.0. The van der Waals surface area contributed by atoms with Gasteiger partial charge in [-0.05, 0) is 31.5 Å². The number of imidazole rings is 1. The first kappa shape index (κ1) is 16.2. The number of piperidine rings is 1. The summed E-state index contributed by atoms with van der Waals surface area (Å²) in [6.45, 7) is 3.42. The van der Waals surface area contributed by atoms with Crippen molar-refractivity contribution in [2.75, 3.05) is 26.8 Å². The second kappa shape index (κ2) is 7.33. The Morgan fingerprint density at radius 2 is 2.24 bits per heavy atom. The molecular weight excluding hydrogens is 318 g/mol. The highest BCUT2D eigenvalue weighted by Crippen LogP contribution is 2.26. The number of hydrogen-bond acceptors (Lipinski definition) is 6. The molecule has 0 saturated carbocycles. The van der Waals surface area contributed by atoms with Gasteiger partial charge in [0, 0.05) is 20.1 Å². The summed E-state index contributed by atoms with van der Waals surface area (Å²) in [7, 11) is 1.68. The van der Waals surface area contributed by atoms with Crippen LogP contribution in [0.25, 0.3) is 11.0 Å². The predicted octanol–water partition coefficient (Wildman–Crippen LogP) is 2.51. The highest BCUT2D eigenvalue weighted by atomic mass is 16.5. The Labute approximate surface area is 146 Å². The van der Waals surface area contributed by atoms with Crippen LogP contribution in [-0.2, 0) is 17.7 Å². The Kier molecular flexibility index (Phi) is 4.76. The van der Waals surface area contributed by atoms with E-state index in [0.29, 0.717) is 18.9 Å². The van der Waals surface area contributed by atoms with Crippen molar-refractivity contribution < 1.29 is 9.26 Å². The molecule has 2 aromatic heterocycles. The first-order valence-electron chi connectivity index (χ1n) is 8.79. The fraction of sp³-hybridized carbons (Fsp3) is 0.500. The standard InChI is InChI=1S/C18H23N5O2/c1-24-10-8-16-21-18(25-22-16)13-5-4-9-23(11-13)12-17-19-14-6-2-3-7-15(14)20-17/h2-3,6-7,13H,4-5,8-12H2,1H3,(H,19,20). The number of benzene rings is 1. The molecule has 0 radical (unpaired) electrons. The zero-order valence-electron chi connectivity index (χ0n) is 14.4. The Hall–Kier alpha value is -2.25. The maximum absolute atomic E-state index is 5.48. The predicted molar refractivity (Wildman–Crippen MR) is 93.2 cm³/mol. The second-order valence-electron chi connectivity index (χ2n) is 6.57. The van der Waals surface area contributed by atoms with Gasteiger partial charge in [-0.2, -0.15) is 4.98 Å². The Bertz CT molecular complexity index is 795. The molecule has 1 unspecified atom stereocenters. The van der Waals surface area contributed by atoms with Crippen LogP contribution in [0.3, 0.4) is 0 Å². The van der Waals surface area contributed by atoms with Gasteiger partial charge in [0.2, 0.25) is 5.89 Å². The number of nitrogens with one attached hydrogen (secondary N) is 1. The molecule has 0 bridgehead atoms. The lowest BCUT2D eigenvalue weighted by Crippen LogP contribution is -2.34. The third kappa shape index (κ3) is 3.72. The van der Waals surface area contributed by atoms with Crippen LogP contribution in [0.15, 0.2) is 28.8 Å². The molecule has 3 aromatic rings. The summed E-state index contributed by atoms with van der Waals surface area (Å²) in [6, 6.07) is 8.14. The molecule has 1 N–H and O–H groups in total. The van der Waals surface area contributed by atoms with Crippen molar-refractivity contribution in [1.29, 1.82) is 0 Å². The van der Waals surface area contributed by atoms with Crippen molar-refractivity contribution in [2.45, 2.75) is 31.7 Å². The van der Waals surface area contributed by atoms with Crippen LogP contribution in [0.1, 0.15) is 36.3 Å². The summed E-state index contributed by atoms with van der Waals surface area (Å²) < 4.78 is 10.5. The third-order valence-corrected chi connectivity index (χ3v) is 4.68. The van der Waals surface area contributed by atoms with E-state index in [1.54, 1.807) is 7.11 Å². The molecule has 1 aliphatic heterocycles. The van der Waals surface area contributed by atoms with E-state index in [1.165, 1.54) is 0 Å². The zero-order chi connectivity index (χ0) is 17.1. The number of aromatic amines is 1. The molecule has 7 nitrogen and oxygen atoms in total. The number of fused-ring (bicyclic) bond motifs is 1. The van der Waals surface area contributed by atoms with Crippen molar-refractivity contribution >= 4 is 11.0 Å². The van der Waals surface area contributed by atoms with E-state index in [2.05, 4.69) is 31.1 Å². The molecule has 3 heterocycles. The maximum Gasteiger partial charge on any atom is 0.231 e. The summed E-state index contributed by atoms with van der Waals surface area (Å²) in [5, 5.41) is 4.06. The Morgan fingerprint density at radius 3 is 3.12 bits per heavy atom. The molecule has 1 fully saturated rings. The topological polar surface area (TPSA) is 80.1 Å². The molecule has 25 heavy (non-hydrogen) atoms. The van der Waals surface area contributed by atoms with E-state index in [0.717, 1.165) is 61.0 Å². The number of nitrogens with zero attached hydrogens (tertiary/aromatic N) is 4. The number of rotatable bonds is 6. The van der Waals surface area contributed by atoms with E-state index >= 15 is 0 Å². The van der Waals surface area contributed by atoms with Gasteiger partial charge in [-0.15, -0.1) is 0 Å². The second-order valence-corrected chi connectivity index (χ2v) is 6.57. The van der Waals surface area contributed by atoms with Crippen molar-refractivity contribution in [1.82, 2.24) is 25.0 Å². The van der Waals surface area contributed by atoms with Crippen molar-refractivity contribution in [3.63, 3.8) is 0 Å². The molecule has 1 aromatic carbocycles. The zero-order valence-corrected chi connectivity index (χ0v) is 14.4. The van der Waals surface area contributed by atoms with Gasteiger partial charge in [0.25, 0.3) is 0 Å². The van der Waals surface area contributed by atoms with Crippen LogP contribution >= 0.6 is 0 Å². The summed E-state index contributed by atoms with van der Waals surface area (Å²) >= 11 is 0. The van der Waals surface area contributed by atoms with Gasteiger partial charge in [0.05, 0.1) is 30.1 Å². The first-order valence-corrected chi connectivity index (χ1v) is 8.79. The highest BCUT2D eigenvalue weighted by molar-refractivity contribution is 5.74. The van der Waals surface area contributed by atoms with Crippen LogP contribution in [0.2, 0.25) is 0 Å². The van der Waals surface area contributed by atoms with Gasteiger partial charge in [-0.1, -0.05) is 17.3 Å². The maximum atomic E-state index is 5.48. The Balaban J connectivity index is 1.41. The summed E-state index contributed by atoms with van der Waals surface area (Å²) in [5.41, 5.74) is 2.11. The minimum Gasteiger partial charge on any atom is -0.384 e. The monoisotopic (exact) mass is 341 g/mol. The number of aromatic nitrogens is 4. The number of ether oxygens (including phenoxy) is 1. The van der Waals surface area contributed by atoms with Crippen LogP contribution in [0.4, 0.5) is 0 Å². The average molecular weight is 341 g/mol. The van der Waals surface area contributed by atoms with Gasteiger partial charge < -0.3 is 14.2 Å². The summed E-state index contributed by atoms with van der Waals surface area (Å²) in [6.07, 6.45) is 2.90. The van der Waals surface area contributed by atoms with Crippen molar-refractivity contribution in [2.24, 2.45) is 0 Å². The highest BCUT2D eigenvalue weighted by Gasteiger charge is 2.26. The van der Waals surface area contributed by atoms with Gasteiger partial charge >= 0.3 is 0 Å². The minimum absolute atomic E-state index is 0.293. The molecule has 0 aliphatic carbocycles. The fourth-order valence-corrected chi connectivity index (χ4v) is 3.42. The number of likely N-dealkylation sites (tertiary alicyclic amines) is 1. The SMILES string of the molecule is COCCc1noc(C2CCCN(Cc3nc4ccccc4[nH]3)C2)n1. The van der Waals surface area contributed by atoms with Crippen LogP contribution in [-0.4, -0.2) is 51.8 Å². The van der Waals surface area contributed by atoms with Crippen LogP contribution in [0, 0.1) is 0 Å². The van der Waals surface area contributed by atoms with Crippen LogP contribution < -0.4 is 0 Å². The van der Waals surface area contributed by atoms with Gasteiger partial charge in [0.15, 0.2) is 5.82 Å². The smallest absolute Gasteiger partial charge is 0.231 e. The number of hydrogen-bond donors (Lipinski definition) is 1. The van der Waals surface area contributed by atoms with E-state index in [1.807, 2.05) is 18.2 Å². The van der Waals surface area contributed by atoms with Crippen LogP contribution in [0.5, 0.6) is 0 Å². The van der Waals surface area contributed by atoms with Crippen molar-refractivity contribution in [3.05, 3.63) is 41.8 Å². The van der Waals surface area contributed by atoms with E-state index in [9.17, 15) is 0 Å². The molecular formula is C18H23N5O2. The molecule has 4 rings (SSSR count). The quantitative estimate of drug-likeness (QED) is 0.742. The fourth-order valence-electron chi connectivity index (χ4n) is 3.42. The van der Waals surface area contributed by atoms with Gasteiger partial charge in [-0.3, -0.25) is 4.90 Å². The molecule has 132 valence electrons. The minimum atomic E-state index is 0.293. The number of methoxy groups -OCH3 is 1. The Morgan fingerprint density at radius 1 is 1.32 bits per heavy atom. The summed E-state index contributed by atoms with van der Waals surface area (Å²) in [5.74, 6) is 2.78. The normalized spacial score (nSPS) is 18.8. The molecule has 0 amide bonds. The van der Waals surface area contributed by atoms with Crippen molar-refractivity contribution in [3.8, 4) is 0 Å². The van der Waals surface area contributed by atoms with E-state index in [-0.39, 0.29) is 0 Å². The third-order valence-electron chi connectivity index (χ3n) is 4.68. The lowest BCUT2D eigenvalue weighted by atomic mass is 9.98. The number of H-pyrrole nitrogens is 1. The van der Waals surface area contributed by atoms with E-state index in [4.69, 9.17) is 9.26 Å². The molecule has 0 spiro atoms. The lowest BCUT2D eigenvalue weighted by molar-refractivity contribution is 0.177. The van der Waals surface area contributed by atoms with Gasteiger partial charge in [0.1, 0.15) is 5.82 Å². The van der Waals surface area contributed by atoms with Gasteiger partial charge in [-0.25, -0.2) is 4.98 Å². The molecule has 1 atom stereocenters. The lowest BCUT2D eigenvalue weighted by Gasteiger charge is -2.30. The molecule has 1 aliphatic rings. The number of para-hydroxylation sites is 2. The molecule has 7 heteroatoms. The average Bonchev–Trinajstić information content (AvgIpc) is 3.26. The van der Waals surface area contributed by atoms with E-state index < -0.39 is 0 Å². The first-order chi connectivity index (χ1) is 12.3.